The lowest BCUT2D eigenvalue weighted by Gasteiger charge is -2.27. The third-order valence-corrected chi connectivity index (χ3v) is 3.20. The summed E-state index contributed by atoms with van der Waals surface area (Å²) < 4.78 is 6.11. The number of nitrogens with zero attached hydrogens (tertiary/aromatic N) is 2. The van der Waals surface area contributed by atoms with Crippen LogP contribution < -0.4 is 4.90 Å². The third-order valence-electron chi connectivity index (χ3n) is 2.57. The highest BCUT2D eigenvalue weighted by molar-refractivity contribution is 9.10. The summed E-state index contributed by atoms with van der Waals surface area (Å²) in [5, 5.41) is 8.87. The van der Waals surface area contributed by atoms with Crippen LogP contribution in [0, 0.1) is 17.2 Å². The predicted octanol–water partition coefficient (Wildman–Crippen LogP) is 3.43. The van der Waals surface area contributed by atoms with Crippen LogP contribution in [0.1, 0.15) is 19.4 Å². The number of hydrogen-bond donors (Lipinski definition) is 0. The fourth-order valence-electron chi connectivity index (χ4n) is 1.79. The zero-order valence-corrected chi connectivity index (χ0v) is 12.7. The Labute approximate surface area is 117 Å². The van der Waals surface area contributed by atoms with Gasteiger partial charge in [0.25, 0.3) is 0 Å². The molecule has 0 saturated heterocycles. The fraction of sp³-hybridized carbons (Fsp3) is 0.500. The van der Waals surface area contributed by atoms with Crippen LogP contribution >= 0.6 is 15.9 Å². The van der Waals surface area contributed by atoms with Gasteiger partial charge in [-0.25, -0.2) is 0 Å². The minimum absolute atomic E-state index is 0.574. The van der Waals surface area contributed by atoms with E-state index < -0.39 is 0 Å². The first kappa shape index (κ1) is 15.0. The summed E-state index contributed by atoms with van der Waals surface area (Å²) in [4.78, 5) is 2.28. The summed E-state index contributed by atoms with van der Waals surface area (Å²) in [7, 11) is 1.71. The summed E-state index contributed by atoms with van der Waals surface area (Å²) in [5.41, 5.74) is 1.78. The number of halogens is 1. The van der Waals surface area contributed by atoms with E-state index >= 15 is 0 Å². The molecule has 0 radical (unpaired) electrons. The number of nitriles is 1. The molecule has 0 amide bonds. The van der Waals surface area contributed by atoms with E-state index in [1.165, 1.54) is 0 Å². The van der Waals surface area contributed by atoms with Crippen molar-refractivity contribution < 1.29 is 4.74 Å². The van der Waals surface area contributed by atoms with Crippen LogP contribution in [0.25, 0.3) is 0 Å². The van der Waals surface area contributed by atoms with Gasteiger partial charge in [-0.3, -0.25) is 0 Å². The van der Waals surface area contributed by atoms with Crippen molar-refractivity contribution in [2.24, 2.45) is 5.92 Å². The zero-order valence-electron chi connectivity index (χ0n) is 11.1. The van der Waals surface area contributed by atoms with Crippen LogP contribution in [0.5, 0.6) is 0 Å². The SMILES string of the molecule is COCCN(CC(C)C)c1ccc(C#N)cc1Br. The van der Waals surface area contributed by atoms with E-state index in [0.717, 1.165) is 23.2 Å². The molecule has 0 aromatic heterocycles. The second kappa shape index (κ2) is 7.40. The maximum absolute atomic E-state index is 8.87. The number of ether oxygens (including phenoxy) is 1. The van der Waals surface area contributed by atoms with Crippen molar-refractivity contribution in [2.75, 3.05) is 31.7 Å². The molecule has 0 unspecified atom stereocenters. The molecule has 0 bridgehead atoms. The monoisotopic (exact) mass is 310 g/mol. The lowest BCUT2D eigenvalue weighted by atomic mass is 10.1. The Balaban J connectivity index is 2.93. The molecule has 0 heterocycles. The Morgan fingerprint density at radius 1 is 1.44 bits per heavy atom. The van der Waals surface area contributed by atoms with Crippen LogP contribution in [-0.4, -0.2) is 26.8 Å². The van der Waals surface area contributed by atoms with Crippen molar-refractivity contribution in [2.45, 2.75) is 13.8 Å². The van der Waals surface area contributed by atoms with Gasteiger partial charge >= 0.3 is 0 Å². The van der Waals surface area contributed by atoms with Gasteiger partial charge in [0.05, 0.1) is 23.9 Å². The average Bonchev–Trinajstić information content (AvgIpc) is 2.34. The van der Waals surface area contributed by atoms with Gasteiger partial charge in [0.1, 0.15) is 0 Å². The minimum atomic E-state index is 0.574. The third kappa shape index (κ3) is 4.32. The summed E-state index contributed by atoms with van der Waals surface area (Å²) in [5.74, 6) is 0.574. The highest BCUT2D eigenvalue weighted by atomic mass is 79.9. The molecule has 0 aliphatic carbocycles. The van der Waals surface area contributed by atoms with E-state index in [0.29, 0.717) is 18.1 Å². The first-order valence-corrected chi connectivity index (χ1v) is 6.81. The van der Waals surface area contributed by atoms with Gasteiger partial charge in [-0.15, -0.1) is 0 Å². The Morgan fingerprint density at radius 2 is 2.17 bits per heavy atom. The summed E-state index contributed by atoms with van der Waals surface area (Å²) >= 11 is 3.54. The van der Waals surface area contributed by atoms with Gasteiger partial charge in [0.2, 0.25) is 0 Å². The molecule has 0 saturated carbocycles. The highest BCUT2D eigenvalue weighted by Gasteiger charge is 2.12. The molecule has 18 heavy (non-hydrogen) atoms. The lowest BCUT2D eigenvalue weighted by molar-refractivity contribution is 0.204. The van der Waals surface area contributed by atoms with Crippen molar-refractivity contribution in [1.29, 1.82) is 5.26 Å². The number of benzene rings is 1. The van der Waals surface area contributed by atoms with E-state index in [9.17, 15) is 0 Å². The number of hydrogen-bond acceptors (Lipinski definition) is 3. The fourth-order valence-corrected chi connectivity index (χ4v) is 2.41. The van der Waals surface area contributed by atoms with Gasteiger partial charge in [-0.05, 0) is 40.0 Å². The van der Waals surface area contributed by atoms with E-state index in [2.05, 4.69) is 40.7 Å². The summed E-state index contributed by atoms with van der Waals surface area (Å²) in [6.07, 6.45) is 0. The molecule has 1 aromatic carbocycles. The van der Waals surface area contributed by atoms with Crippen molar-refractivity contribution in [1.82, 2.24) is 0 Å². The summed E-state index contributed by atoms with van der Waals surface area (Å²) in [6, 6.07) is 7.84. The molecule has 4 heteroatoms. The Bertz CT molecular complexity index is 426. The average molecular weight is 311 g/mol. The normalized spacial score (nSPS) is 10.4. The second-order valence-electron chi connectivity index (χ2n) is 4.61. The second-order valence-corrected chi connectivity index (χ2v) is 5.46. The molecule has 1 rings (SSSR count). The van der Waals surface area contributed by atoms with Gasteiger partial charge < -0.3 is 9.64 Å². The van der Waals surface area contributed by atoms with Crippen LogP contribution in [0.4, 0.5) is 5.69 Å². The van der Waals surface area contributed by atoms with Crippen LogP contribution in [-0.2, 0) is 4.74 Å². The van der Waals surface area contributed by atoms with Gasteiger partial charge in [0, 0.05) is 24.7 Å². The zero-order chi connectivity index (χ0) is 13.5. The smallest absolute Gasteiger partial charge is 0.0992 e. The van der Waals surface area contributed by atoms with E-state index in [-0.39, 0.29) is 0 Å². The molecule has 98 valence electrons. The molecule has 0 fully saturated rings. The molecule has 0 spiro atoms. The Hall–Kier alpha value is -1.05. The quantitative estimate of drug-likeness (QED) is 0.807. The molecular formula is C14H19BrN2O. The number of rotatable bonds is 6. The Morgan fingerprint density at radius 3 is 2.67 bits per heavy atom. The first-order chi connectivity index (χ1) is 8.58. The van der Waals surface area contributed by atoms with Crippen LogP contribution in [0.15, 0.2) is 22.7 Å². The molecular weight excluding hydrogens is 292 g/mol. The molecule has 1 aromatic rings. The largest absolute Gasteiger partial charge is 0.383 e. The van der Waals surface area contributed by atoms with E-state index in [1.54, 1.807) is 7.11 Å². The molecule has 0 aliphatic rings. The van der Waals surface area contributed by atoms with Crippen molar-refractivity contribution >= 4 is 21.6 Å². The molecule has 0 N–H and O–H groups in total. The van der Waals surface area contributed by atoms with Crippen molar-refractivity contribution in [3.05, 3.63) is 28.2 Å². The van der Waals surface area contributed by atoms with Gasteiger partial charge in [0.15, 0.2) is 0 Å². The standard InChI is InChI=1S/C14H19BrN2O/c1-11(2)10-17(6-7-18-3)14-5-4-12(9-16)8-13(14)15/h4-5,8,11H,6-7,10H2,1-3H3. The maximum atomic E-state index is 8.87. The van der Waals surface area contributed by atoms with Crippen molar-refractivity contribution in [3.8, 4) is 6.07 Å². The predicted molar refractivity (Wildman–Crippen MR) is 77.8 cm³/mol. The van der Waals surface area contributed by atoms with E-state index in [4.69, 9.17) is 10.00 Å². The van der Waals surface area contributed by atoms with Crippen LogP contribution in [0.2, 0.25) is 0 Å². The minimum Gasteiger partial charge on any atom is -0.383 e. The van der Waals surface area contributed by atoms with Crippen LogP contribution in [0.3, 0.4) is 0 Å². The lowest BCUT2D eigenvalue weighted by Crippen LogP contribution is -2.31. The first-order valence-electron chi connectivity index (χ1n) is 6.02. The van der Waals surface area contributed by atoms with Gasteiger partial charge in [-0.2, -0.15) is 5.26 Å². The topological polar surface area (TPSA) is 36.3 Å². The number of anilines is 1. The number of methoxy groups -OCH3 is 1. The highest BCUT2D eigenvalue weighted by Crippen LogP contribution is 2.27. The maximum Gasteiger partial charge on any atom is 0.0992 e. The van der Waals surface area contributed by atoms with E-state index in [1.807, 2.05) is 18.2 Å². The molecule has 0 atom stereocenters. The Kier molecular flexibility index (Phi) is 6.17. The molecule has 3 nitrogen and oxygen atoms in total. The van der Waals surface area contributed by atoms with Crippen molar-refractivity contribution in [3.63, 3.8) is 0 Å². The summed E-state index contributed by atoms with van der Waals surface area (Å²) in [6.45, 7) is 6.89. The molecule has 0 aliphatic heterocycles. The van der Waals surface area contributed by atoms with Gasteiger partial charge in [-0.1, -0.05) is 13.8 Å².